The van der Waals surface area contributed by atoms with E-state index in [1.807, 2.05) is 66.7 Å². The van der Waals surface area contributed by atoms with Crippen molar-refractivity contribution in [1.29, 1.82) is 0 Å². The maximum Gasteiger partial charge on any atom is 0.153 e. The zero-order valence-electron chi connectivity index (χ0n) is 14.4. The van der Waals surface area contributed by atoms with Crippen LogP contribution < -0.4 is 5.73 Å². The summed E-state index contributed by atoms with van der Waals surface area (Å²) >= 11 is 5.54. The van der Waals surface area contributed by atoms with Crippen LogP contribution in [0.4, 0.5) is 5.82 Å². The van der Waals surface area contributed by atoms with E-state index in [1.165, 1.54) is 5.56 Å². The molecule has 0 aliphatic heterocycles. The molecule has 0 aliphatic rings. The van der Waals surface area contributed by atoms with Crippen molar-refractivity contribution in [3.8, 4) is 0 Å². The third-order valence-electron chi connectivity index (χ3n) is 4.09. The van der Waals surface area contributed by atoms with Gasteiger partial charge in [-0.2, -0.15) is 5.10 Å². The van der Waals surface area contributed by atoms with Crippen LogP contribution in [0.3, 0.4) is 0 Å². The van der Waals surface area contributed by atoms with Gasteiger partial charge in [0.25, 0.3) is 0 Å². The van der Waals surface area contributed by atoms with Crippen molar-refractivity contribution in [1.82, 2.24) is 15.2 Å². The topological polar surface area (TPSA) is 64.7 Å². The molecule has 0 radical (unpaired) electrons. The van der Waals surface area contributed by atoms with Crippen molar-refractivity contribution in [2.75, 3.05) is 5.73 Å². The average Bonchev–Trinajstić information content (AvgIpc) is 2.70. The molecule has 4 aromatic rings. The molecule has 2 N–H and O–H groups in total. The first-order valence-corrected chi connectivity index (χ1v) is 8.66. The van der Waals surface area contributed by atoms with E-state index in [2.05, 4.69) is 22.1 Å². The second-order valence-electron chi connectivity index (χ2n) is 5.81. The van der Waals surface area contributed by atoms with Crippen LogP contribution in [0.25, 0.3) is 10.8 Å². The van der Waals surface area contributed by atoms with Crippen LogP contribution in [0, 0.1) is 0 Å². The average molecular weight is 363 g/mol. The minimum atomic E-state index is 0.154. The van der Waals surface area contributed by atoms with Gasteiger partial charge in [-0.25, -0.2) is 0 Å². The number of nitrogens with two attached hydrogens (primary N) is 1. The van der Waals surface area contributed by atoms with Crippen molar-refractivity contribution in [3.05, 3.63) is 95.4 Å². The highest BCUT2D eigenvalue weighted by molar-refractivity contribution is 6.30. The standard InChI is InChI=1S/C15H14N4.C6H5Cl/c1-10(11-6-8-17-9-7-11)14-12-4-2-3-5-13(12)15(16)19-18-14;7-6-4-2-1-3-5-6/h2-10H,1H3,(H2,16,19);1-5H. The maximum absolute atomic E-state index is 5.88. The molecule has 0 aliphatic carbocycles. The van der Waals surface area contributed by atoms with E-state index in [9.17, 15) is 0 Å². The summed E-state index contributed by atoms with van der Waals surface area (Å²) in [6.07, 6.45) is 3.58. The fraction of sp³-hybridized carbons (Fsp3) is 0.0952. The number of pyridine rings is 1. The van der Waals surface area contributed by atoms with Crippen molar-refractivity contribution < 1.29 is 0 Å². The van der Waals surface area contributed by atoms with E-state index < -0.39 is 0 Å². The Morgan fingerprint density at radius 3 is 2.04 bits per heavy atom. The first-order chi connectivity index (χ1) is 12.7. The normalized spacial score (nSPS) is 11.5. The van der Waals surface area contributed by atoms with Gasteiger partial charge in [0.05, 0.1) is 5.69 Å². The van der Waals surface area contributed by atoms with Crippen molar-refractivity contribution in [3.63, 3.8) is 0 Å². The van der Waals surface area contributed by atoms with Crippen LogP contribution in [0.1, 0.15) is 24.1 Å². The lowest BCUT2D eigenvalue weighted by molar-refractivity contribution is 0.839. The largest absolute Gasteiger partial charge is 0.382 e. The van der Waals surface area contributed by atoms with Gasteiger partial charge in [-0.15, -0.1) is 5.10 Å². The smallest absolute Gasteiger partial charge is 0.153 e. The molecule has 130 valence electrons. The molecule has 26 heavy (non-hydrogen) atoms. The number of aromatic nitrogens is 3. The molecule has 1 atom stereocenters. The van der Waals surface area contributed by atoms with Crippen LogP contribution in [0.15, 0.2) is 79.1 Å². The van der Waals surface area contributed by atoms with Crippen LogP contribution in [-0.4, -0.2) is 15.2 Å². The summed E-state index contributed by atoms with van der Waals surface area (Å²) in [6.45, 7) is 2.11. The van der Waals surface area contributed by atoms with Gasteiger partial charge in [0.2, 0.25) is 0 Å². The predicted molar refractivity (Wildman–Crippen MR) is 107 cm³/mol. The fourth-order valence-corrected chi connectivity index (χ4v) is 2.84. The molecule has 4 rings (SSSR count). The molecule has 2 heterocycles. The van der Waals surface area contributed by atoms with Crippen LogP contribution in [0.5, 0.6) is 0 Å². The quantitative estimate of drug-likeness (QED) is 0.538. The van der Waals surface area contributed by atoms with Gasteiger partial charge in [0.1, 0.15) is 0 Å². The summed E-state index contributed by atoms with van der Waals surface area (Å²) in [5.41, 5.74) is 7.99. The van der Waals surface area contributed by atoms with Crippen molar-refractivity contribution >= 4 is 28.2 Å². The third kappa shape index (κ3) is 4.16. The number of nitrogen functional groups attached to an aromatic ring is 1. The highest BCUT2D eigenvalue weighted by atomic mass is 35.5. The molecule has 2 aromatic heterocycles. The van der Waals surface area contributed by atoms with Gasteiger partial charge in [-0.3, -0.25) is 4.98 Å². The summed E-state index contributed by atoms with van der Waals surface area (Å²) in [5.74, 6) is 0.627. The first kappa shape index (κ1) is 17.8. The molecule has 5 heteroatoms. The second kappa shape index (κ2) is 8.41. The number of hydrogen-bond donors (Lipinski definition) is 1. The van der Waals surface area contributed by atoms with Gasteiger partial charge in [-0.05, 0) is 29.8 Å². The Morgan fingerprint density at radius 2 is 1.42 bits per heavy atom. The van der Waals surface area contributed by atoms with E-state index in [0.717, 1.165) is 21.5 Å². The Labute approximate surface area is 157 Å². The van der Waals surface area contributed by atoms with Crippen LogP contribution in [0.2, 0.25) is 5.02 Å². The number of fused-ring (bicyclic) bond motifs is 1. The van der Waals surface area contributed by atoms with Gasteiger partial charge >= 0.3 is 0 Å². The Hall–Kier alpha value is -2.98. The van der Waals surface area contributed by atoms with Crippen molar-refractivity contribution in [2.45, 2.75) is 12.8 Å². The zero-order chi connectivity index (χ0) is 18.4. The molecule has 0 amide bonds. The molecule has 0 saturated heterocycles. The number of anilines is 1. The SMILES string of the molecule is CC(c1ccncc1)c1nnc(N)c2ccccc12.Clc1ccccc1. The highest BCUT2D eigenvalue weighted by Gasteiger charge is 2.15. The Morgan fingerprint density at radius 1 is 0.808 bits per heavy atom. The maximum atomic E-state index is 5.88. The molecule has 0 saturated carbocycles. The molecule has 0 fully saturated rings. The monoisotopic (exact) mass is 362 g/mol. The Kier molecular flexibility index (Phi) is 5.77. The third-order valence-corrected chi connectivity index (χ3v) is 4.35. The lowest BCUT2D eigenvalue weighted by Gasteiger charge is -2.13. The first-order valence-electron chi connectivity index (χ1n) is 8.28. The van der Waals surface area contributed by atoms with E-state index in [1.54, 1.807) is 12.4 Å². The van der Waals surface area contributed by atoms with Gasteiger partial charge in [-0.1, -0.05) is 61.0 Å². The number of benzene rings is 2. The summed E-state index contributed by atoms with van der Waals surface area (Å²) in [7, 11) is 0. The molecule has 0 bridgehead atoms. The number of hydrogen-bond acceptors (Lipinski definition) is 4. The summed E-state index contributed by atoms with van der Waals surface area (Å²) in [6, 6.07) is 21.4. The molecule has 1 unspecified atom stereocenters. The number of halogens is 1. The summed E-state index contributed by atoms with van der Waals surface area (Å²) in [4.78, 5) is 4.04. The Balaban J connectivity index is 0.000000236. The van der Waals surface area contributed by atoms with E-state index in [-0.39, 0.29) is 5.92 Å². The van der Waals surface area contributed by atoms with E-state index in [0.29, 0.717) is 5.82 Å². The number of rotatable bonds is 2. The minimum absolute atomic E-state index is 0.154. The predicted octanol–water partition coefficient (Wildman–Crippen LogP) is 5.10. The zero-order valence-corrected chi connectivity index (χ0v) is 15.1. The van der Waals surface area contributed by atoms with Gasteiger partial charge in [0.15, 0.2) is 5.82 Å². The van der Waals surface area contributed by atoms with Gasteiger partial charge in [0, 0.05) is 34.1 Å². The lowest BCUT2D eigenvalue weighted by atomic mass is 9.95. The van der Waals surface area contributed by atoms with E-state index in [4.69, 9.17) is 17.3 Å². The number of nitrogens with zero attached hydrogens (tertiary/aromatic N) is 3. The molecule has 4 nitrogen and oxygen atoms in total. The van der Waals surface area contributed by atoms with Crippen molar-refractivity contribution in [2.24, 2.45) is 0 Å². The van der Waals surface area contributed by atoms with E-state index >= 15 is 0 Å². The summed E-state index contributed by atoms with van der Waals surface area (Å²) < 4.78 is 0. The molecular formula is C21H19ClN4. The molecule has 0 spiro atoms. The summed E-state index contributed by atoms with van der Waals surface area (Å²) in [5, 5.41) is 11.2. The fourth-order valence-electron chi connectivity index (χ4n) is 2.69. The minimum Gasteiger partial charge on any atom is -0.382 e. The van der Waals surface area contributed by atoms with Gasteiger partial charge < -0.3 is 5.73 Å². The van der Waals surface area contributed by atoms with Crippen LogP contribution >= 0.6 is 11.6 Å². The second-order valence-corrected chi connectivity index (χ2v) is 6.25. The lowest BCUT2D eigenvalue weighted by Crippen LogP contribution is -2.04. The van der Waals surface area contributed by atoms with Crippen LogP contribution in [-0.2, 0) is 0 Å². The molecular weight excluding hydrogens is 344 g/mol. The Bertz CT molecular complexity index is 975. The highest BCUT2D eigenvalue weighted by Crippen LogP contribution is 2.29. The molecule has 2 aromatic carbocycles.